The van der Waals surface area contributed by atoms with Crippen LogP contribution in [0.25, 0.3) is 0 Å². The number of rotatable bonds is 72. The molecule has 0 saturated heterocycles. The fraction of sp³-hybridized carbons (Fsp3) is 1.00. The molecule has 0 fully saturated rings. The van der Waals surface area contributed by atoms with Crippen LogP contribution >= 0.6 is 11.4 Å². The normalized spacial score (nSPS) is 11.8. The fourth-order valence-corrected chi connectivity index (χ4v) is 14.7. The molecule has 0 amide bonds. The minimum Gasteiger partial charge on any atom is -0.691 e. The van der Waals surface area contributed by atoms with Crippen molar-refractivity contribution in [2.45, 2.75) is 439 Å². The molecule has 83 heavy (non-hydrogen) atoms. The van der Waals surface area contributed by atoms with Gasteiger partial charge in [-0.1, -0.05) is 437 Å². The van der Waals surface area contributed by atoms with E-state index in [9.17, 15) is 0 Å². The Kier molecular flexibility index (Phi) is 84.8. The Morgan fingerprint density at radius 3 is 0.361 bits per heavy atom. The van der Waals surface area contributed by atoms with E-state index in [-0.39, 0.29) is 16.5 Å². The number of hydrogen-bond donors (Lipinski definition) is 0. The summed E-state index contributed by atoms with van der Waals surface area (Å²) in [5, 5.41) is 0. The van der Waals surface area contributed by atoms with Gasteiger partial charge in [-0.3, -0.25) is 0 Å². The van der Waals surface area contributed by atoms with E-state index in [1.165, 1.54) is 385 Å². The molecule has 0 saturated carbocycles. The number of unbranched alkanes of at least 4 members (excludes halogenated alkanes) is 60. The summed E-state index contributed by atoms with van der Waals surface area (Å²) in [5.74, 6) is 0. The van der Waals surface area contributed by atoms with Crippen molar-refractivity contribution in [1.29, 1.82) is 0 Å². The maximum absolute atomic E-state index is 5.80. The average molecular weight is 1330 g/mol. The molecule has 0 aliphatic heterocycles. The third-order valence-electron chi connectivity index (χ3n) is 17.0. The van der Waals surface area contributed by atoms with Crippen molar-refractivity contribution in [3.63, 3.8) is 0 Å². The molecule has 11 heteroatoms. The summed E-state index contributed by atoms with van der Waals surface area (Å²) < 4.78 is 23.2. The second-order valence-electron chi connectivity index (χ2n) is 25.4. The van der Waals surface area contributed by atoms with Crippen LogP contribution < -0.4 is 0 Å². The van der Waals surface area contributed by atoms with Crippen LogP contribution in [-0.4, -0.2) is 26.4 Å². The third-order valence-corrected chi connectivity index (χ3v) is 21.5. The van der Waals surface area contributed by atoms with E-state index in [2.05, 4.69) is 27.7 Å². The van der Waals surface area contributed by atoms with Gasteiger partial charge in [0.05, 0.1) is 37.8 Å². The maximum atomic E-state index is 5.80. The predicted molar refractivity (Wildman–Crippen MR) is 385 cm³/mol. The first-order chi connectivity index (χ1) is 40.2. The van der Waals surface area contributed by atoms with E-state index in [1.54, 1.807) is 0 Å². The SMILES string of the molecule is CCCCCCCCCCCCCCCCCCOP(=S)([S-])OCCCCCCCCCCCCCCCCCC.CCCCCCCCCCCCCCCCCCOP(=S)([S-])OCCCCCCCCCCCCCCCCCC.[Ni+2]. The summed E-state index contributed by atoms with van der Waals surface area (Å²) in [4.78, 5) is 0. The molecule has 0 aliphatic rings. The molecule has 0 heterocycles. The van der Waals surface area contributed by atoms with Crippen LogP contribution in [-0.2, 0) is 82.7 Å². The molecule has 0 aromatic heterocycles. The van der Waals surface area contributed by atoms with Gasteiger partial charge in [0, 0.05) is 0 Å². The zero-order valence-electron chi connectivity index (χ0n) is 56.6. The molecule has 0 N–H and O–H groups in total. The molecule has 0 radical (unpaired) electrons. The second kappa shape index (κ2) is 78.6. The van der Waals surface area contributed by atoms with Crippen molar-refractivity contribution in [2.75, 3.05) is 26.4 Å². The standard InChI is InChI=1S/2C36H75O2PS2.Ni/c2*1-3-5-7-9-11-13-15-17-19-21-23-25-27-29-31-33-35-37-39(40,41)38-36-34-32-30-28-26-24-22-20-18-16-14-12-10-8-6-4-2;/h2*3-36H2,1-2H3,(H,40,41);/q;;+2/p-2. The molecule has 4 nitrogen and oxygen atoms in total. The molecule has 0 atom stereocenters. The summed E-state index contributed by atoms with van der Waals surface area (Å²) in [5.41, 5.74) is -4.91. The predicted octanol–water partition coefficient (Wildman–Crippen LogP) is 28.6. The van der Waals surface area contributed by atoms with Gasteiger partial charge in [0.1, 0.15) is 0 Å². The van der Waals surface area contributed by atoms with Crippen LogP contribution in [0.4, 0.5) is 0 Å². The average Bonchev–Trinajstić information content (AvgIpc) is 3.46. The second-order valence-corrected chi connectivity index (χ2v) is 35.4. The van der Waals surface area contributed by atoms with Gasteiger partial charge in [-0.2, -0.15) is 0 Å². The topological polar surface area (TPSA) is 36.9 Å². The van der Waals surface area contributed by atoms with Crippen LogP contribution in [0, 0.1) is 0 Å². The Morgan fingerprint density at radius 1 is 0.181 bits per heavy atom. The van der Waals surface area contributed by atoms with E-state index in [1.807, 2.05) is 0 Å². The first-order valence-corrected chi connectivity index (χ1v) is 44.7. The maximum Gasteiger partial charge on any atom is 2.00 e. The van der Waals surface area contributed by atoms with Crippen LogP contribution in [0.5, 0.6) is 0 Å². The fourth-order valence-electron chi connectivity index (χ4n) is 11.4. The Labute approximate surface area is 555 Å². The Morgan fingerprint density at radius 2 is 0.265 bits per heavy atom. The Hall–Kier alpha value is 2.33. The third kappa shape index (κ3) is 84.3. The minimum absolute atomic E-state index is 0. The molecular formula is C72H148NiO4P2S4. The van der Waals surface area contributed by atoms with E-state index >= 15 is 0 Å². The summed E-state index contributed by atoms with van der Waals surface area (Å²) >= 11 is 21.8. The van der Waals surface area contributed by atoms with Gasteiger partial charge in [-0.15, -0.1) is 0 Å². The van der Waals surface area contributed by atoms with Crippen LogP contribution in [0.3, 0.4) is 0 Å². The molecule has 504 valence electrons. The van der Waals surface area contributed by atoms with Gasteiger partial charge in [-0.25, -0.2) is 0 Å². The van der Waals surface area contributed by atoms with E-state index in [4.69, 9.17) is 66.2 Å². The molecule has 0 spiro atoms. The van der Waals surface area contributed by atoms with Gasteiger partial charge < -0.3 is 42.6 Å². The van der Waals surface area contributed by atoms with Crippen molar-refractivity contribution in [3.05, 3.63) is 0 Å². The summed E-state index contributed by atoms with van der Waals surface area (Å²) in [7, 11) is 0. The zero-order chi connectivity index (χ0) is 59.9. The van der Waals surface area contributed by atoms with Crippen molar-refractivity contribution in [3.8, 4) is 0 Å². The van der Waals surface area contributed by atoms with Gasteiger partial charge >= 0.3 is 16.5 Å². The summed E-state index contributed by atoms with van der Waals surface area (Å²) in [6.45, 7) is 11.9. The first-order valence-electron chi connectivity index (χ1n) is 37.4. The van der Waals surface area contributed by atoms with Crippen molar-refractivity contribution in [1.82, 2.24) is 0 Å². The van der Waals surface area contributed by atoms with Crippen molar-refractivity contribution >= 4 is 59.5 Å². The molecule has 0 aromatic carbocycles. The number of hydrogen-bond acceptors (Lipinski definition) is 8. The zero-order valence-corrected chi connectivity index (χ0v) is 62.6. The Bertz CT molecular complexity index is 1080. The summed E-state index contributed by atoms with van der Waals surface area (Å²) in [6.07, 6.45) is 88.3. The van der Waals surface area contributed by atoms with Gasteiger partial charge in [0.25, 0.3) is 0 Å². The van der Waals surface area contributed by atoms with E-state index < -0.39 is 11.4 Å². The largest absolute Gasteiger partial charge is 2.00 e. The molecule has 0 rings (SSSR count). The quantitative estimate of drug-likeness (QED) is 0.0258. The monoisotopic (exact) mass is 1320 g/mol. The van der Waals surface area contributed by atoms with E-state index in [0.29, 0.717) is 26.4 Å². The molecule has 0 unspecified atom stereocenters. The first kappa shape index (κ1) is 89.5. The van der Waals surface area contributed by atoms with Gasteiger partial charge in [0.15, 0.2) is 0 Å². The van der Waals surface area contributed by atoms with Crippen LogP contribution in [0.15, 0.2) is 0 Å². The Balaban J connectivity index is -0.00000152. The molecular weight excluding hydrogens is 1180 g/mol. The molecule has 0 bridgehead atoms. The van der Waals surface area contributed by atoms with Gasteiger partial charge in [-0.05, 0) is 25.7 Å². The minimum atomic E-state index is -2.46. The molecule has 0 aromatic rings. The van der Waals surface area contributed by atoms with Crippen molar-refractivity contribution < 1.29 is 34.6 Å². The smallest absolute Gasteiger partial charge is 0.691 e. The van der Waals surface area contributed by atoms with E-state index in [0.717, 1.165) is 25.7 Å². The van der Waals surface area contributed by atoms with Crippen LogP contribution in [0.2, 0.25) is 0 Å². The molecule has 0 aliphatic carbocycles. The van der Waals surface area contributed by atoms with Crippen LogP contribution in [0.1, 0.15) is 439 Å². The van der Waals surface area contributed by atoms with Crippen molar-refractivity contribution in [2.24, 2.45) is 0 Å². The summed E-state index contributed by atoms with van der Waals surface area (Å²) in [6, 6.07) is 0. The van der Waals surface area contributed by atoms with Gasteiger partial charge in [0.2, 0.25) is 0 Å².